The summed E-state index contributed by atoms with van der Waals surface area (Å²) in [6, 6.07) is 4.89. The summed E-state index contributed by atoms with van der Waals surface area (Å²) < 4.78 is 5.13. The standard InChI is InChI=1S/C13H18ClNO3/c1-8(16)10-7-9(5-6-11(10)14)15-12(17)18-13(2,3)4/h5-8,16H,1-4H3,(H,15,17)/t8-/m0/s1. The lowest BCUT2D eigenvalue weighted by Crippen LogP contribution is -2.27. The van der Waals surface area contributed by atoms with Crippen molar-refractivity contribution in [3.63, 3.8) is 0 Å². The molecule has 2 N–H and O–H groups in total. The van der Waals surface area contributed by atoms with Gasteiger partial charge in [-0.2, -0.15) is 0 Å². The van der Waals surface area contributed by atoms with E-state index >= 15 is 0 Å². The van der Waals surface area contributed by atoms with Gasteiger partial charge >= 0.3 is 6.09 Å². The number of aliphatic hydroxyl groups excluding tert-OH is 1. The molecule has 0 unspecified atom stereocenters. The zero-order chi connectivity index (χ0) is 13.9. The largest absolute Gasteiger partial charge is 0.444 e. The monoisotopic (exact) mass is 271 g/mol. The van der Waals surface area contributed by atoms with Crippen LogP contribution in [0, 0.1) is 0 Å². The third-order valence-corrected chi connectivity index (χ3v) is 2.44. The third kappa shape index (κ3) is 4.55. The topological polar surface area (TPSA) is 58.6 Å². The summed E-state index contributed by atoms with van der Waals surface area (Å²) in [4.78, 5) is 11.6. The van der Waals surface area contributed by atoms with Crippen molar-refractivity contribution in [2.75, 3.05) is 5.32 Å². The number of rotatable bonds is 2. The second kappa shape index (κ2) is 5.59. The first-order chi connectivity index (χ1) is 8.19. The van der Waals surface area contributed by atoms with Crippen LogP contribution in [0.5, 0.6) is 0 Å². The smallest absolute Gasteiger partial charge is 0.412 e. The number of carbonyl (C=O) groups excluding carboxylic acids is 1. The van der Waals surface area contributed by atoms with Gasteiger partial charge in [0, 0.05) is 16.3 Å². The van der Waals surface area contributed by atoms with Gasteiger partial charge in [0.2, 0.25) is 0 Å². The van der Waals surface area contributed by atoms with Crippen LogP contribution in [-0.2, 0) is 4.74 Å². The molecule has 0 bridgehead atoms. The summed E-state index contributed by atoms with van der Waals surface area (Å²) in [6.07, 6.45) is -1.24. The first-order valence-electron chi connectivity index (χ1n) is 5.66. The van der Waals surface area contributed by atoms with Crippen molar-refractivity contribution in [3.8, 4) is 0 Å². The van der Waals surface area contributed by atoms with Crippen LogP contribution in [-0.4, -0.2) is 16.8 Å². The average Bonchev–Trinajstić information content (AvgIpc) is 2.17. The van der Waals surface area contributed by atoms with Crippen LogP contribution in [0.25, 0.3) is 0 Å². The third-order valence-electron chi connectivity index (χ3n) is 2.09. The van der Waals surface area contributed by atoms with Crippen LogP contribution in [0.15, 0.2) is 18.2 Å². The van der Waals surface area contributed by atoms with Gasteiger partial charge < -0.3 is 9.84 Å². The highest BCUT2D eigenvalue weighted by molar-refractivity contribution is 6.31. The van der Waals surface area contributed by atoms with Crippen LogP contribution in [0.3, 0.4) is 0 Å². The molecule has 4 nitrogen and oxygen atoms in total. The number of ether oxygens (including phenoxy) is 1. The van der Waals surface area contributed by atoms with E-state index in [1.165, 1.54) is 0 Å². The van der Waals surface area contributed by atoms with E-state index in [0.717, 1.165) is 0 Å². The van der Waals surface area contributed by atoms with Crippen molar-refractivity contribution >= 4 is 23.4 Å². The van der Waals surface area contributed by atoms with E-state index in [1.807, 2.05) is 0 Å². The number of anilines is 1. The number of amides is 1. The molecule has 0 aliphatic rings. The van der Waals surface area contributed by atoms with Crippen LogP contribution in [0.2, 0.25) is 5.02 Å². The number of benzene rings is 1. The highest BCUT2D eigenvalue weighted by Crippen LogP contribution is 2.26. The maximum Gasteiger partial charge on any atom is 0.412 e. The molecule has 100 valence electrons. The molecule has 1 amide bonds. The average molecular weight is 272 g/mol. The zero-order valence-electron chi connectivity index (χ0n) is 11.0. The molecular weight excluding hydrogens is 254 g/mol. The van der Waals surface area contributed by atoms with Gasteiger partial charge in [-0.25, -0.2) is 4.79 Å². The molecule has 0 fully saturated rings. The van der Waals surface area contributed by atoms with E-state index < -0.39 is 17.8 Å². The zero-order valence-corrected chi connectivity index (χ0v) is 11.7. The second-order valence-corrected chi connectivity index (χ2v) is 5.45. The minimum absolute atomic E-state index is 0.458. The van der Waals surface area contributed by atoms with Crippen LogP contribution >= 0.6 is 11.6 Å². The van der Waals surface area contributed by atoms with Crippen molar-refractivity contribution in [1.82, 2.24) is 0 Å². The van der Waals surface area contributed by atoms with E-state index in [0.29, 0.717) is 16.3 Å². The molecule has 1 atom stereocenters. The summed E-state index contributed by atoms with van der Waals surface area (Å²) in [6.45, 7) is 6.97. The number of aliphatic hydroxyl groups is 1. The molecule has 18 heavy (non-hydrogen) atoms. The number of halogens is 1. The van der Waals surface area contributed by atoms with Gasteiger partial charge in [-0.1, -0.05) is 11.6 Å². The first kappa shape index (κ1) is 14.8. The minimum atomic E-state index is -0.696. The van der Waals surface area contributed by atoms with E-state index in [9.17, 15) is 9.90 Å². The van der Waals surface area contributed by atoms with Crippen molar-refractivity contribution in [2.24, 2.45) is 0 Å². The summed E-state index contributed by atoms with van der Waals surface area (Å²) >= 11 is 5.93. The molecule has 0 heterocycles. The van der Waals surface area contributed by atoms with Crippen molar-refractivity contribution in [1.29, 1.82) is 0 Å². The maximum absolute atomic E-state index is 11.6. The number of hydrogen-bond donors (Lipinski definition) is 2. The molecule has 0 radical (unpaired) electrons. The Kier molecular flexibility index (Phi) is 4.59. The van der Waals surface area contributed by atoms with Crippen LogP contribution in [0.4, 0.5) is 10.5 Å². The molecule has 1 aromatic carbocycles. The molecule has 1 rings (SSSR count). The van der Waals surface area contributed by atoms with E-state index in [-0.39, 0.29) is 0 Å². The van der Waals surface area contributed by atoms with Gasteiger partial charge in [0.1, 0.15) is 5.60 Å². The first-order valence-corrected chi connectivity index (χ1v) is 6.04. The minimum Gasteiger partial charge on any atom is -0.444 e. The predicted molar refractivity (Wildman–Crippen MR) is 71.9 cm³/mol. The Morgan fingerprint density at radius 1 is 1.44 bits per heavy atom. The van der Waals surface area contributed by atoms with Gasteiger partial charge in [-0.05, 0) is 45.9 Å². The number of nitrogens with one attached hydrogen (secondary N) is 1. The molecular formula is C13H18ClNO3. The van der Waals surface area contributed by atoms with E-state index in [1.54, 1.807) is 45.9 Å². The van der Waals surface area contributed by atoms with Gasteiger partial charge in [-0.3, -0.25) is 5.32 Å². The van der Waals surface area contributed by atoms with Gasteiger partial charge in [0.15, 0.2) is 0 Å². The Morgan fingerprint density at radius 2 is 2.06 bits per heavy atom. The van der Waals surface area contributed by atoms with Crippen LogP contribution in [0.1, 0.15) is 39.4 Å². The van der Waals surface area contributed by atoms with Gasteiger partial charge in [0.05, 0.1) is 6.10 Å². The summed E-state index contributed by atoms with van der Waals surface area (Å²) in [5.41, 5.74) is 0.540. The highest BCUT2D eigenvalue weighted by atomic mass is 35.5. The van der Waals surface area contributed by atoms with Crippen molar-refractivity contribution < 1.29 is 14.6 Å². The molecule has 5 heteroatoms. The lowest BCUT2D eigenvalue weighted by molar-refractivity contribution is 0.0636. The SMILES string of the molecule is C[C@H](O)c1cc(NC(=O)OC(C)(C)C)ccc1Cl. The predicted octanol–water partition coefficient (Wildman–Crippen LogP) is 3.74. The summed E-state index contributed by atoms with van der Waals surface area (Å²) in [5.74, 6) is 0. The lowest BCUT2D eigenvalue weighted by atomic mass is 10.1. The molecule has 0 saturated carbocycles. The fourth-order valence-electron chi connectivity index (χ4n) is 1.36. The summed E-state index contributed by atoms with van der Waals surface area (Å²) in [5, 5.41) is 12.6. The highest BCUT2D eigenvalue weighted by Gasteiger charge is 2.16. The molecule has 0 saturated heterocycles. The molecule has 1 aromatic rings. The molecule has 0 spiro atoms. The quantitative estimate of drug-likeness (QED) is 0.861. The lowest BCUT2D eigenvalue weighted by Gasteiger charge is -2.20. The normalized spacial score (nSPS) is 13.0. The fraction of sp³-hybridized carbons (Fsp3) is 0.462. The maximum atomic E-state index is 11.6. The van der Waals surface area contributed by atoms with E-state index in [4.69, 9.17) is 16.3 Å². The number of hydrogen-bond acceptors (Lipinski definition) is 3. The fourth-order valence-corrected chi connectivity index (χ4v) is 1.64. The Hall–Kier alpha value is -1.26. The van der Waals surface area contributed by atoms with Crippen LogP contribution < -0.4 is 5.32 Å². The van der Waals surface area contributed by atoms with E-state index in [2.05, 4.69) is 5.32 Å². The Morgan fingerprint density at radius 3 is 2.56 bits per heavy atom. The Balaban J connectivity index is 2.80. The molecule has 0 aliphatic carbocycles. The van der Waals surface area contributed by atoms with Crippen molar-refractivity contribution in [3.05, 3.63) is 28.8 Å². The Labute approximate surface area is 112 Å². The van der Waals surface area contributed by atoms with Crippen molar-refractivity contribution in [2.45, 2.75) is 39.4 Å². The summed E-state index contributed by atoms with van der Waals surface area (Å²) in [7, 11) is 0. The molecule has 0 aliphatic heterocycles. The molecule has 0 aromatic heterocycles. The number of carbonyl (C=O) groups is 1. The Bertz CT molecular complexity index is 438. The van der Waals surface area contributed by atoms with Gasteiger partial charge in [0.25, 0.3) is 0 Å². The second-order valence-electron chi connectivity index (χ2n) is 5.04. The van der Waals surface area contributed by atoms with Gasteiger partial charge in [-0.15, -0.1) is 0 Å².